The molecule has 1 fully saturated rings. The summed E-state index contributed by atoms with van der Waals surface area (Å²) in [6.45, 7) is 4.28. The Morgan fingerprint density at radius 2 is 1.96 bits per heavy atom. The zero-order valence-corrected chi connectivity index (χ0v) is 16.6. The fourth-order valence-corrected chi connectivity index (χ4v) is 4.42. The Bertz CT molecular complexity index is 702. The molecule has 1 aromatic rings. The van der Waals surface area contributed by atoms with E-state index in [0.29, 0.717) is 12.8 Å². The molecule has 0 aromatic heterocycles. The molecular formula is C21H28F2N2S. The summed E-state index contributed by atoms with van der Waals surface area (Å²) in [6, 6.07) is 6.83. The molecule has 2 nitrogen and oxygen atoms in total. The van der Waals surface area contributed by atoms with Crippen LogP contribution in [0.15, 0.2) is 40.8 Å². The van der Waals surface area contributed by atoms with Crippen molar-refractivity contribution in [3.8, 4) is 0 Å². The SMILES string of the molecule is CCSc1ccc(NC2CCC(F)(F)CC2)c(C2=CC(NC)C(C)=C2)c1. The van der Waals surface area contributed by atoms with Gasteiger partial charge in [0, 0.05) is 41.1 Å². The van der Waals surface area contributed by atoms with Gasteiger partial charge in [0.05, 0.1) is 0 Å². The molecule has 142 valence electrons. The highest BCUT2D eigenvalue weighted by Crippen LogP contribution is 2.38. The first-order valence-electron chi connectivity index (χ1n) is 9.40. The van der Waals surface area contributed by atoms with Crippen LogP contribution in [0, 0.1) is 0 Å². The molecule has 2 N–H and O–H groups in total. The Labute approximate surface area is 159 Å². The molecule has 0 radical (unpaired) electrons. The number of nitrogens with one attached hydrogen (secondary N) is 2. The maximum Gasteiger partial charge on any atom is 0.248 e. The van der Waals surface area contributed by atoms with Gasteiger partial charge in [-0.15, -0.1) is 11.8 Å². The normalized spacial score (nSPS) is 22.9. The van der Waals surface area contributed by atoms with Crippen LogP contribution in [-0.2, 0) is 0 Å². The van der Waals surface area contributed by atoms with Gasteiger partial charge in [-0.3, -0.25) is 0 Å². The van der Waals surface area contributed by atoms with Crippen LogP contribution in [0.5, 0.6) is 0 Å². The van der Waals surface area contributed by atoms with E-state index in [1.807, 2.05) is 18.8 Å². The first kappa shape index (κ1) is 19.4. The van der Waals surface area contributed by atoms with Crippen LogP contribution in [0.3, 0.4) is 0 Å². The lowest BCUT2D eigenvalue weighted by atomic mass is 9.91. The maximum absolute atomic E-state index is 13.4. The molecule has 0 spiro atoms. The van der Waals surface area contributed by atoms with Crippen molar-refractivity contribution in [2.75, 3.05) is 18.1 Å². The third kappa shape index (κ3) is 4.49. The summed E-state index contributed by atoms with van der Waals surface area (Å²) >= 11 is 1.82. The van der Waals surface area contributed by atoms with E-state index in [9.17, 15) is 8.78 Å². The number of halogens is 2. The number of rotatable bonds is 6. The van der Waals surface area contributed by atoms with E-state index in [1.54, 1.807) is 0 Å². The number of allylic oxidation sites excluding steroid dienone is 2. The van der Waals surface area contributed by atoms with Crippen molar-refractivity contribution in [1.82, 2.24) is 5.32 Å². The summed E-state index contributed by atoms with van der Waals surface area (Å²) in [7, 11) is 1.96. The molecule has 0 amide bonds. The lowest BCUT2D eigenvalue weighted by molar-refractivity contribution is -0.0360. The Hall–Kier alpha value is -1.33. The molecule has 2 aliphatic carbocycles. The van der Waals surface area contributed by atoms with Gasteiger partial charge < -0.3 is 10.6 Å². The number of thioether (sulfide) groups is 1. The monoisotopic (exact) mass is 378 g/mol. The number of alkyl halides is 2. The van der Waals surface area contributed by atoms with Crippen molar-refractivity contribution in [2.24, 2.45) is 0 Å². The molecule has 1 unspecified atom stereocenters. The second kappa shape index (κ2) is 8.13. The van der Waals surface area contributed by atoms with E-state index in [1.165, 1.54) is 16.0 Å². The first-order valence-corrected chi connectivity index (χ1v) is 10.4. The maximum atomic E-state index is 13.4. The fourth-order valence-electron chi connectivity index (χ4n) is 3.72. The highest BCUT2D eigenvalue weighted by atomic mass is 32.2. The van der Waals surface area contributed by atoms with E-state index in [-0.39, 0.29) is 24.9 Å². The first-order chi connectivity index (χ1) is 12.4. The van der Waals surface area contributed by atoms with E-state index in [2.05, 4.69) is 54.8 Å². The molecular weight excluding hydrogens is 350 g/mol. The predicted octanol–water partition coefficient (Wildman–Crippen LogP) is 5.72. The Balaban J connectivity index is 1.85. The number of benzene rings is 1. The van der Waals surface area contributed by atoms with Crippen LogP contribution in [0.2, 0.25) is 0 Å². The van der Waals surface area contributed by atoms with Crippen molar-refractivity contribution in [2.45, 2.75) is 62.4 Å². The lowest BCUT2D eigenvalue weighted by Gasteiger charge is -2.30. The number of likely N-dealkylation sites (N-methyl/N-ethyl adjacent to an activating group) is 1. The average molecular weight is 379 g/mol. The standard InChI is InChI=1S/C21H28F2N2S/c1-4-26-17-5-6-19(25-16-7-9-21(22,23)10-8-16)18(13-17)15-11-14(2)20(12-15)24-3/h5-6,11-13,16,20,24-25H,4,7-10H2,1-3H3. The minimum Gasteiger partial charge on any atom is -0.382 e. The highest BCUT2D eigenvalue weighted by molar-refractivity contribution is 7.99. The molecule has 0 saturated heterocycles. The predicted molar refractivity (Wildman–Crippen MR) is 108 cm³/mol. The van der Waals surface area contributed by atoms with Crippen molar-refractivity contribution in [3.63, 3.8) is 0 Å². The number of hydrogen-bond donors (Lipinski definition) is 2. The molecule has 1 aromatic carbocycles. The van der Waals surface area contributed by atoms with Gasteiger partial charge in [0.25, 0.3) is 0 Å². The van der Waals surface area contributed by atoms with Gasteiger partial charge in [-0.05, 0) is 56.3 Å². The minimum absolute atomic E-state index is 0.0205. The summed E-state index contributed by atoms with van der Waals surface area (Å²) in [6.07, 6.45) is 5.46. The van der Waals surface area contributed by atoms with Crippen LogP contribution in [0.4, 0.5) is 14.5 Å². The van der Waals surface area contributed by atoms with Crippen molar-refractivity contribution >= 4 is 23.0 Å². The zero-order valence-electron chi connectivity index (χ0n) is 15.7. The summed E-state index contributed by atoms with van der Waals surface area (Å²) < 4.78 is 26.9. The van der Waals surface area contributed by atoms with E-state index >= 15 is 0 Å². The molecule has 1 saturated carbocycles. The average Bonchev–Trinajstić information content (AvgIpc) is 2.99. The van der Waals surface area contributed by atoms with Gasteiger partial charge in [-0.2, -0.15) is 0 Å². The third-order valence-electron chi connectivity index (χ3n) is 5.22. The third-order valence-corrected chi connectivity index (χ3v) is 6.10. The van der Waals surface area contributed by atoms with Crippen molar-refractivity contribution in [3.05, 3.63) is 41.5 Å². The topological polar surface area (TPSA) is 24.1 Å². The van der Waals surface area contributed by atoms with Gasteiger partial charge in [0.2, 0.25) is 5.92 Å². The van der Waals surface area contributed by atoms with E-state index < -0.39 is 5.92 Å². The summed E-state index contributed by atoms with van der Waals surface area (Å²) in [4.78, 5) is 1.24. The summed E-state index contributed by atoms with van der Waals surface area (Å²) in [5.41, 5.74) is 4.70. The highest BCUT2D eigenvalue weighted by Gasteiger charge is 2.35. The fraction of sp³-hybridized carbons (Fsp3) is 0.524. The van der Waals surface area contributed by atoms with Gasteiger partial charge in [0.15, 0.2) is 0 Å². The zero-order chi connectivity index (χ0) is 18.7. The second-order valence-corrected chi connectivity index (χ2v) is 8.53. The second-order valence-electron chi connectivity index (χ2n) is 7.19. The van der Waals surface area contributed by atoms with Gasteiger partial charge in [-0.1, -0.05) is 24.6 Å². The smallest absolute Gasteiger partial charge is 0.248 e. The van der Waals surface area contributed by atoms with Gasteiger partial charge in [-0.25, -0.2) is 8.78 Å². The lowest BCUT2D eigenvalue weighted by Crippen LogP contribution is -2.32. The molecule has 1 atom stereocenters. The Morgan fingerprint density at radius 3 is 2.58 bits per heavy atom. The molecule has 0 bridgehead atoms. The minimum atomic E-state index is -2.49. The number of anilines is 1. The van der Waals surface area contributed by atoms with Crippen LogP contribution in [0.25, 0.3) is 5.57 Å². The molecule has 26 heavy (non-hydrogen) atoms. The summed E-state index contributed by atoms with van der Waals surface area (Å²) in [5, 5.41) is 6.86. The molecule has 5 heteroatoms. The number of hydrogen-bond acceptors (Lipinski definition) is 3. The quantitative estimate of drug-likeness (QED) is 0.619. The van der Waals surface area contributed by atoms with Gasteiger partial charge in [0.1, 0.15) is 0 Å². The van der Waals surface area contributed by atoms with E-state index in [4.69, 9.17) is 0 Å². The van der Waals surface area contributed by atoms with E-state index in [0.717, 1.165) is 17.0 Å². The van der Waals surface area contributed by atoms with Crippen LogP contribution >= 0.6 is 11.8 Å². The van der Waals surface area contributed by atoms with Crippen LogP contribution in [0.1, 0.15) is 45.1 Å². The van der Waals surface area contributed by atoms with Crippen molar-refractivity contribution < 1.29 is 8.78 Å². The molecule has 0 heterocycles. The molecule has 2 aliphatic rings. The molecule has 3 rings (SSSR count). The molecule has 0 aliphatic heterocycles. The Kier molecular flexibility index (Phi) is 6.08. The largest absolute Gasteiger partial charge is 0.382 e. The van der Waals surface area contributed by atoms with Crippen molar-refractivity contribution in [1.29, 1.82) is 0 Å². The Morgan fingerprint density at radius 1 is 1.23 bits per heavy atom. The van der Waals surface area contributed by atoms with Gasteiger partial charge >= 0.3 is 0 Å². The van der Waals surface area contributed by atoms with Crippen LogP contribution < -0.4 is 10.6 Å². The van der Waals surface area contributed by atoms with Crippen LogP contribution in [-0.4, -0.2) is 30.8 Å². The summed E-state index contributed by atoms with van der Waals surface area (Å²) in [5.74, 6) is -1.46.